The molecule has 96 valence electrons. The molecule has 18 heavy (non-hydrogen) atoms. The van der Waals surface area contributed by atoms with Crippen LogP contribution in [0.3, 0.4) is 0 Å². The molecule has 2 N–H and O–H groups in total. The molecule has 0 amide bonds. The topological polar surface area (TPSA) is 73.8 Å². The number of nitrogen functional groups attached to an aromatic ring is 1. The Kier molecular flexibility index (Phi) is 3.68. The summed E-state index contributed by atoms with van der Waals surface area (Å²) >= 11 is 6.11. The smallest absolute Gasteiger partial charge is 0.131 e. The molecule has 0 saturated carbocycles. The van der Waals surface area contributed by atoms with E-state index in [9.17, 15) is 4.21 Å². The molecular weight excluding hydrogens is 272 g/mol. The Balaban J connectivity index is 2.30. The summed E-state index contributed by atoms with van der Waals surface area (Å²) in [5, 5.41) is 4.69. The number of aryl methyl sites for hydroxylation is 2. The summed E-state index contributed by atoms with van der Waals surface area (Å²) in [5.74, 6) is 0.298. The number of halogens is 1. The van der Waals surface area contributed by atoms with E-state index < -0.39 is 10.8 Å². The van der Waals surface area contributed by atoms with E-state index in [-0.39, 0.29) is 0 Å². The van der Waals surface area contributed by atoms with Gasteiger partial charge in [-0.1, -0.05) is 11.6 Å². The Bertz CT molecular complexity index is 611. The van der Waals surface area contributed by atoms with E-state index in [2.05, 4.69) is 10.1 Å². The second-order valence-corrected chi connectivity index (χ2v) is 5.66. The molecule has 0 spiro atoms. The number of hydrogen-bond acceptors (Lipinski definition) is 4. The van der Waals surface area contributed by atoms with Crippen LogP contribution >= 0.6 is 11.6 Å². The minimum absolute atomic E-state index is 0.298. The van der Waals surface area contributed by atoms with Crippen molar-refractivity contribution in [2.45, 2.75) is 17.6 Å². The van der Waals surface area contributed by atoms with Crippen molar-refractivity contribution in [3.8, 4) is 0 Å². The van der Waals surface area contributed by atoms with Gasteiger partial charge < -0.3 is 5.73 Å². The highest BCUT2D eigenvalue weighted by Crippen LogP contribution is 2.24. The molecule has 0 aliphatic heterocycles. The SMILES string of the molecule is Cc1nn(C)c(Cl)c1CS(=O)c1ccncc1N. The lowest BCUT2D eigenvalue weighted by Crippen LogP contribution is -2.02. The average Bonchev–Trinajstić information content (AvgIpc) is 2.56. The van der Waals surface area contributed by atoms with Crippen molar-refractivity contribution in [1.82, 2.24) is 14.8 Å². The maximum Gasteiger partial charge on any atom is 0.131 e. The Morgan fingerprint density at radius 2 is 2.28 bits per heavy atom. The standard InChI is InChI=1S/C11H13ClN4OS/c1-7-8(11(12)16(2)15-7)6-18(17)10-3-4-14-5-9(10)13/h3-5H,6,13H2,1-2H3. The first-order chi connectivity index (χ1) is 8.50. The van der Waals surface area contributed by atoms with Gasteiger partial charge in [-0.3, -0.25) is 13.9 Å². The zero-order valence-electron chi connectivity index (χ0n) is 10.1. The van der Waals surface area contributed by atoms with E-state index in [0.29, 0.717) is 21.5 Å². The summed E-state index contributed by atoms with van der Waals surface area (Å²) in [6.07, 6.45) is 3.06. The summed E-state index contributed by atoms with van der Waals surface area (Å²) in [6, 6.07) is 1.66. The van der Waals surface area contributed by atoms with Gasteiger partial charge in [0.05, 0.1) is 39.0 Å². The number of pyridine rings is 1. The molecular formula is C11H13ClN4OS. The second-order valence-electron chi connectivity index (χ2n) is 3.88. The molecule has 0 saturated heterocycles. The van der Waals surface area contributed by atoms with Crippen molar-refractivity contribution in [3.63, 3.8) is 0 Å². The molecule has 0 fully saturated rings. The van der Waals surface area contributed by atoms with E-state index in [1.54, 1.807) is 24.0 Å². The predicted octanol–water partition coefficient (Wildman–Crippen LogP) is 1.67. The molecule has 0 radical (unpaired) electrons. The van der Waals surface area contributed by atoms with Crippen LogP contribution in [0.25, 0.3) is 0 Å². The van der Waals surface area contributed by atoms with Crippen LogP contribution in [-0.4, -0.2) is 19.0 Å². The summed E-state index contributed by atoms with van der Waals surface area (Å²) in [5.41, 5.74) is 7.74. The van der Waals surface area contributed by atoms with E-state index in [4.69, 9.17) is 17.3 Å². The molecule has 0 aromatic carbocycles. The third-order valence-corrected chi connectivity index (χ3v) is 4.49. The Morgan fingerprint density at radius 1 is 1.56 bits per heavy atom. The molecule has 1 atom stereocenters. The highest BCUT2D eigenvalue weighted by Gasteiger charge is 2.16. The third-order valence-electron chi connectivity index (χ3n) is 2.60. The van der Waals surface area contributed by atoms with Crippen LogP contribution in [0.15, 0.2) is 23.4 Å². The molecule has 2 aromatic rings. The van der Waals surface area contributed by atoms with Crippen molar-refractivity contribution < 1.29 is 4.21 Å². The van der Waals surface area contributed by atoms with E-state index >= 15 is 0 Å². The van der Waals surface area contributed by atoms with Crippen molar-refractivity contribution in [2.75, 3.05) is 5.73 Å². The van der Waals surface area contributed by atoms with Gasteiger partial charge in [0.2, 0.25) is 0 Å². The highest BCUT2D eigenvalue weighted by molar-refractivity contribution is 7.84. The van der Waals surface area contributed by atoms with Crippen LogP contribution in [0.1, 0.15) is 11.3 Å². The molecule has 2 aromatic heterocycles. The zero-order chi connectivity index (χ0) is 13.3. The minimum atomic E-state index is -1.26. The lowest BCUT2D eigenvalue weighted by molar-refractivity contribution is 0.682. The molecule has 2 heterocycles. The van der Waals surface area contributed by atoms with Crippen molar-refractivity contribution in [1.29, 1.82) is 0 Å². The quantitative estimate of drug-likeness (QED) is 0.930. The fourth-order valence-corrected chi connectivity index (χ4v) is 3.26. The first kappa shape index (κ1) is 13.0. The zero-order valence-corrected chi connectivity index (χ0v) is 11.6. The highest BCUT2D eigenvalue weighted by atomic mass is 35.5. The number of nitrogens with zero attached hydrogens (tertiary/aromatic N) is 3. The van der Waals surface area contributed by atoms with Gasteiger partial charge in [-0.2, -0.15) is 5.10 Å². The summed E-state index contributed by atoms with van der Waals surface area (Å²) < 4.78 is 13.8. The van der Waals surface area contributed by atoms with Gasteiger partial charge in [0.15, 0.2) is 0 Å². The summed E-state index contributed by atoms with van der Waals surface area (Å²) in [7, 11) is 0.497. The van der Waals surface area contributed by atoms with Gasteiger partial charge in [-0.25, -0.2) is 0 Å². The van der Waals surface area contributed by atoms with Crippen LogP contribution in [0.5, 0.6) is 0 Å². The maximum atomic E-state index is 12.3. The third kappa shape index (κ3) is 2.39. The van der Waals surface area contributed by atoms with Crippen LogP contribution in [-0.2, 0) is 23.6 Å². The summed E-state index contributed by atoms with van der Waals surface area (Å²) in [4.78, 5) is 4.45. The summed E-state index contributed by atoms with van der Waals surface area (Å²) in [6.45, 7) is 1.84. The number of hydrogen-bond donors (Lipinski definition) is 1. The first-order valence-electron chi connectivity index (χ1n) is 5.26. The monoisotopic (exact) mass is 284 g/mol. The van der Waals surface area contributed by atoms with Gasteiger partial charge in [0.1, 0.15) is 5.15 Å². The van der Waals surface area contributed by atoms with Crippen molar-refractivity contribution >= 4 is 28.1 Å². The first-order valence-corrected chi connectivity index (χ1v) is 6.96. The van der Waals surface area contributed by atoms with Crippen molar-refractivity contribution in [2.24, 2.45) is 7.05 Å². The van der Waals surface area contributed by atoms with Crippen LogP contribution in [0, 0.1) is 6.92 Å². The fourth-order valence-electron chi connectivity index (χ4n) is 1.65. The molecule has 1 unspecified atom stereocenters. The molecule has 5 nitrogen and oxygen atoms in total. The van der Waals surface area contributed by atoms with Crippen LogP contribution < -0.4 is 5.73 Å². The van der Waals surface area contributed by atoms with Crippen molar-refractivity contribution in [3.05, 3.63) is 34.9 Å². The van der Waals surface area contributed by atoms with Gasteiger partial charge >= 0.3 is 0 Å². The van der Waals surface area contributed by atoms with Gasteiger partial charge in [-0.15, -0.1) is 0 Å². The normalized spacial score (nSPS) is 12.6. The fraction of sp³-hybridized carbons (Fsp3) is 0.273. The Morgan fingerprint density at radius 3 is 2.83 bits per heavy atom. The number of anilines is 1. The molecule has 2 rings (SSSR count). The lowest BCUT2D eigenvalue weighted by atomic mass is 10.3. The molecule has 0 aliphatic carbocycles. The largest absolute Gasteiger partial charge is 0.396 e. The number of aromatic nitrogens is 3. The number of rotatable bonds is 3. The van der Waals surface area contributed by atoms with Crippen LogP contribution in [0.2, 0.25) is 5.15 Å². The van der Waals surface area contributed by atoms with Gasteiger partial charge in [0.25, 0.3) is 0 Å². The maximum absolute atomic E-state index is 12.3. The van der Waals surface area contributed by atoms with E-state index in [1.165, 1.54) is 6.20 Å². The minimum Gasteiger partial charge on any atom is -0.396 e. The van der Waals surface area contributed by atoms with Gasteiger partial charge in [-0.05, 0) is 13.0 Å². The lowest BCUT2D eigenvalue weighted by Gasteiger charge is -2.05. The Hall–Kier alpha value is -1.40. The van der Waals surface area contributed by atoms with E-state index in [0.717, 1.165) is 11.3 Å². The van der Waals surface area contributed by atoms with Crippen LogP contribution in [0.4, 0.5) is 5.69 Å². The predicted molar refractivity (Wildman–Crippen MR) is 71.7 cm³/mol. The second kappa shape index (κ2) is 5.07. The molecule has 0 aliphatic rings. The van der Waals surface area contributed by atoms with Gasteiger partial charge in [0, 0.05) is 18.8 Å². The number of nitrogens with two attached hydrogens (primary N) is 1. The van der Waals surface area contributed by atoms with E-state index in [1.807, 2.05) is 6.92 Å². The molecule has 7 heteroatoms. The molecule has 0 bridgehead atoms. The average molecular weight is 285 g/mol. The Labute approximate surface area is 112 Å².